The number of amides is 1. The van der Waals surface area contributed by atoms with Gasteiger partial charge in [-0.25, -0.2) is 0 Å². The van der Waals surface area contributed by atoms with Gasteiger partial charge in [0.15, 0.2) is 0 Å². The first-order valence-corrected chi connectivity index (χ1v) is 5.92. The SMILES string of the molecule is Cc1cc(C(N)=O)cc(C)c1Oc1ccccc1N. The summed E-state index contributed by atoms with van der Waals surface area (Å²) in [6, 6.07) is 10.7. The number of nitrogen functional groups attached to an aromatic ring is 1. The minimum absolute atomic E-state index is 0.447. The van der Waals surface area contributed by atoms with Crippen LogP contribution in [0.1, 0.15) is 21.5 Å². The standard InChI is InChI=1S/C15H16N2O2/c1-9-7-11(15(17)18)8-10(2)14(9)19-13-6-4-3-5-12(13)16/h3-8H,16H2,1-2H3,(H2,17,18). The number of nitrogens with two attached hydrogens (primary N) is 2. The molecule has 0 aromatic heterocycles. The highest BCUT2D eigenvalue weighted by atomic mass is 16.5. The van der Waals surface area contributed by atoms with Crippen molar-refractivity contribution in [2.75, 3.05) is 5.73 Å². The van der Waals surface area contributed by atoms with Gasteiger partial charge in [0.25, 0.3) is 0 Å². The minimum atomic E-state index is -0.447. The molecular weight excluding hydrogens is 240 g/mol. The van der Waals surface area contributed by atoms with Crippen LogP contribution in [-0.2, 0) is 0 Å². The zero-order chi connectivity index (χ0) is 14.0. The molecule has 4 nitrogen and oxygen atoms in total. The van der Waals surface area contributed by atoms with E-state index in [1.54, 1.807) is 24.3 Å². The van der Waals surface area contributed by atoms with Crippen molar-refractivity contribution < 1.29 is 9.53 Å². The summed E-state index contributed by atoms with van der Waals surface area (Å²) in [7, 11) is 0. The normalized spacial score (nSPS) is 10.2. The molecule has 0 aliphatic carbocycles. The zero-order valence-corrected chi connectivity index (χ0v) is 10.9. The van der Waals surface area contributed by atoms with E-state index in [1.165, 1.54) is 0 Å². The quantitative estimate of drug-likeness (QED) is 0.829. The number of rotatable bonds is 3. The average Bonchev–Trinajstić information content (AvgIpc) is 2.35. The molecule has 19 heavy (non-hydrogen) atoms. The summed E-state index contributed by atoms with van der Waals surface area (Å²) < 4.78 is 5.83. The first kappa shape index (κ1) is 13.0. The van der Waals surface area contributed by atoms with Gasteiger partial charge >= 0.3 is 0 Å². The Kier molecular flexibility index (Phi) is 3.42. The summed E-state index contributed by atoms with van der Waals surface area (Å²) in [4.78, 5) is 11.2. The van der Waals surface area contributed by atoms with Crippen molar-refractivity contribution in [2.45, 2.75) is 13.8 Å². The number of anilines is 1. The Morgan fingerprint density at radius 3 is 2.21 bits per heavy atom. The Hall–Kier alpha value is -2.49. The lowest BCUT2D eigenvalue weighted by atomic mass is 10.1. The van der Waals surface area contributed by atoms with Crippen molar-refractivity contribution in [1.82, 2.24) is 0 Å². The molecule has 2 aromatic rings. The first-order chi connectivity index (χ1) is 8.99. The first-order valence-electron chi connectivity index (χ1n) is 5.92. The van der Waals surface area contributed by atoms with Gasteiger partial charge < -0.3 is 16.2 Å². The summed E-state index contributed by atoms with van der Waals surface area (Å²) in [5, 5.41) is 0. The maximum Gasteiger partial charge on any atom is 0.248 e. The number of hydrogen-bond acceptors (Lipinski definition) is 3. The van der Waals surface area contributed by atoms with Crippen LogP contribution >= 0.6 is 0 Å². The fourth-order valence-electron chi connectivity index (χ4n) is 1.94. The largest absolute Gasteiger partial charge is 0.455 e. The van der Waals surface area contributed by atoms with E-state index >= 15 is 0 Å². The molecule has 2 rings (SSSR count). The van der Waals surface area contributed by atoms with Crippen molar-refractivity contribution in [3.8, 4) is 11.5 Å². The van der Waals surface area contributed by atoms with E-state index in [9.17, 15) is 4.79 Å². The molecule has 0 fully saturated rings. The van der Waals surface area contributed by atoms with Crippen LogP contribution in [0, 0.1) is 13.8 Å². The van der Waals surface area contributed by atoms with Crippen molar-refractivity contribution in [1.29, 1.82) is 0 Å². The molecular formula is C15H16N2O2. The Balaban J connectivity index is 2.42. The molecule has 0 spiro atoms. The van der Waals surface area contributed by atoms with Gasteiger partial charge in [-0.15, -0.1) is 0 Å². The molecule has 0 bridgehead atoms. The molecule has 0 aliphatic rings. The van der Waals surface area contributed by atoms with Gasteiger partial charge in [-0.1, -0.05) is 12.1 Å². The van der Waals surface area contributed by atoms with Crippen LogP contribution < -0.4 is 16.2 Å². The molecule has 2 aromatic carbocycles. The third-order valence-corrected chi connectivity index (χ3v) is 2.88. The molecule has 4 N–H and O–H groups in total. The number of carbonyl (C=O) groups is 1. The second kappa shape index (κ2) is 5.02. The summed E-state index contributed by atoms with van der Waals surface area (Å²) in [5.41, 5.74) is 13.9. The fraction of sp³-hybridized carbons (Fsp3) is 0.133. The molecule has 0 radical (unpaired) electrons. The second-order valence-corrected chi connectivity index (χ2v) is 4.44. The van der Waals surface area contributed by atoms with Gasteiger partial charge in [0.05, 0.1) is 5.69 Å². The van der Waals surface area contributed by atoms with Crippen LogP contribution in [0.2, 0.25) is 0 Å². The number of primary amides is 1. The molecule has 4 heteroatoms. The van der Waals surface area contributed by atoms with Crippen molar-refractivity contribution >= 4 is 11.6 Å². The van der Waals surface area contributed by atoms with Crippen LogP contribution in [0.25, 0.3) is 0 Å². The van der Waals surface area contributed by atoms with Crippen molar-refractivity contribution in [3.63, 3.8) is 0 Å². The van der Waals surface area contributed by atoms with Gasteiger partial charge in [0.2, 0.25) is 5.91 Å². The van der Waals surface area contributed by atoms with Crippen LogP contribution in [-0.4, -0.2) is 5.91 Å². The molecule has 0 saturated heterocycles. The van der Waals surface area contributed by atoms with Crippen molar-refractivity contribution in [2.24, 2.45) is 5.73 Å². The Labute approximate surface area is 112 Å². The molecule has 1 amide bonds. The number of para-hydroxylation sites is 2. The van der Waals surface area contributed by atoms with E-state index in [-0.39, 0.29) is 0 Å². The Morgan fingerprint density at radius 1 is 1.11 bits per heavy atom. The predicted molar refractivity (Wildman–Crippen MR) is 75.4 cm³/mol. The molecule has 0 atom stereocenters. The van der Waals surface area contributed by atoms with Gasteiger partial charge in [0, 0.05) is 5.56 Å². The number of aryl methyl sites for hydroxylation is 2. The van der Waals surface area contributed by atoms with Gasteiger partial charge in [-0.3, -0.25) is 4.79 Å². The second-order valence-electron chi connectivity index (χ2n) is 4.44. The van der Waals surface area contributed by atoms with Gasteiger partial charge in [0.1, 0.15) is 11.5 Å². The van der Waals surface area contributed by atoms with Gasteiger partial charge in [-0.2, -0.15) is 0 Å². The number of ether oxygens (including phenoxy) is 1. The van der Waals surface area contributed by atoms with E-state index in [4.69, 9.17) is 16.2 Å². The Bertz CT molecular complexity index is 613. The summed E-state index contributed by atoms with van der Waals surface area (Å²) >= 11 is 0. The summed E-state index contributed by atoms with van der Waals surface area (Å²) in [6.45, 7) is 3.74. The van der Waals surface area contributed by atoms with Crippen molar-refractivity contribution in [3.05, 3.63) is 53.1 Å². The lowest BCUT2D eigenvalue weighted by Gasteiger charge is -2.14. The summed E-state index contributed by atoms with van der Waals surface area (Å²) in [5.74, 6) is 0.848. The third kappa shape index (κ3) is 2.68. The van der Waals surface area contributed by atoms with E-state index in [0.29, 0.717) is 22.7 Å². The van der Waals surface area contributed by atoms with Gasteiger partial charge in [-0.05, 0) is 49.2 Å². The molecule has 0 aliphatic heterocycles. The number of hydrogen-bond donors (Lipinski definition) is 2. The highest BCUT2D eigenvalue weighted by molar-refractivity contribution is 5.93. The van der Waals surface area contributed by atoms with Crippen LogP contribution in [0.15, 0.2) is 36.4 Å². The monoisotopic (exact) mass is 256 g/mol. The maximum atomic E-state index is 11.2. The van der Waals surface area contributed by atoms with E-state index < -0.39 is 5.91 Å². The highest BCUT2D eigenvalue weighted by Crippen LogP contribution is 2.32. The average molecular weight is 256 g/mol. The smallest absolute Gasteiger partial charge is 0.248 e. The fourth-order valence-corrected chi connectivity index (χ4v) is 1.94. The lowest BCUT2D eigenvalue weighted by molar-refractivity contribution is 0.1000. The predicted octanol–water partition coefficient (Wildman–Crippen LogP) is 2.78. The van der Waals surface area contributed by atoms with Crippen LogP contribution in [0.3, 0.4) is 0 Å². The summed E-state index contributed by atoms with van der Waals surface area (Å²) in [6.07, 6.45) is 0. The van der Waals surface area contributed by atoms with E-state index in [0.717, 1.165) is 11.1 Å². The molecule has 0 unspecified atom stereocenters. The Morgan fingerprint density at radius 2 is 1.68 bits per heavy atom. The van der Waals surface area contributed by atoms with E-state index in [2.05, 4.69) is 0 Å². The van der Waals surface area contributed by atoms with E-state index in [1.807, 2.05) is 26.0 Å². The highest BCUT2D eigenvalue weighted by Gasteiger charge is 2.11. The maximum absolute atomic E-state index is 11.2. The third-order valence-electron chi connectivity index (χ3n) is 2.88. The zero-order valence-electron chi connectivity index (χ0n) is 10.9. The molecule has 0 heterocycles. The number of benzene rings is 2. The lowest BCUT2D eigenvalue weighted by Crippen LogP contribution is -2.11. The van der Waals surface area contributed by atoms with Crippen LogP contribution in [0.5, 0.6) is 11.5 Å². The topological polar surface area (TPSA) is 78.3 Å². The number of carbonyl (C=O) groups excluding carboxylic acids is 1. The van der Waals surface area contributed by atoms with Crippen LogP contribution in [0.4, 0.5) is 5.69 Å². The molecule has 98 valence electrons. The minimum Gasteiger partial charge on any atom is -0.455 e. The molecule has 0 saturated carbocycles.